The van der Waals surface area contributed by atoms with Crippen molar-refractivity contribution in [1.29, 1.82) is 5.26 Å². The van der Waals surface area contributed by atoms with Gasteiger partial charge in [0.1, 0.15) is 11.3 Å². The van der Waals surface area contributed by atoms with Gasteiger partial charge in [0, 0.05) is 0 Å². The first-order valence-corrected chi connectivity index (χ1v) is 8.60. The van der Waals surface area contributed by atoms with E-state index in [1.54, 1.807) is 31.2 Å². The lowest BCUT2D eigenvalue weighted by Gasteiger charge is -2.22. The molecule has 1 amide bonds. The van der Waals surface area contributed by atoms with Crippen LogP contribution in [0.25, 0.3) is 0 Å². The monoisotopic (exact) mass is 344 g/mol. The minimum atomic E-state index is -0.888. The van der Waals surface area contributed by atoms with E-state index in [2.05, 4.69) is 18.3 Å². The number of ether oxygens (including phenoxy) is 2. The van der Waals surface area contributed by atoms with Crippen LogP contribution in [0, 0.1) is 17.2 Å². The van der Waals surface area contributed by atoms with Crippen LogP contribution >= 0.6 is 0 Å². The molecule has 1 saturated carbocycles. The predicted molar refractivity (Wildman–Crippen MR) is 92.0 cm³/mol. The third kappa shape index (κ3) is 5.49. The molecule has 0 heterocycles. The molecule has 0 saturated heterocycles. The Labute approximate surface area is 148 Å². The zero-order chi connectivity index (χ0) is 18.3. The molecule has 0 spiro atoms. The van der Waals surface area contributed by atoms with Crippen molar-refractivity contribution in [3.63, 3.8) is 0 Å². The van der Waals surface area contributed by atoms with E-state index in [-0.39, 0.29) is 5.92 Å². The van der Waals surface area contributed by atoms with Crippen molar-refractivity contribution >= 4 is 11.9 Å². The third-order valence-electron chi connectivity index (χ3n) is 4.22. The van der Waals surface area contributed by atoms with E-state index in [0.29, 0.717) is 17.9 Å². The maximum atomic E-state index is 12.0. The second-order valence-corrected chi connectivity index (χ2v) is 6.44. The number of esters is 1. The fraction of sp³-hybridized carbons (Fsp3) is 0.526. The Morgan fingerprint density at radius 3 is 2.56 bits per heavy atom. The van der Waals surface area contributed by atoms with Crippen molar-refractivity contribution in [2.45, 2.75) is 45.1 Å². The summed E-state index contributed by atoms with van der Waals surface area (Å²) in [7, 11) is 0. The van der Waals surface area contributed by atoms with E-state index in [0.717, 1.165) is 25.7 Å². The number of unbranched alkanes of at least 4 members (excludes halogenated alkanes) is 1. The molecule has 1 aliphatic rings. The topological polar surface area (TPSA) is 88.4 Å². The molecule has 6 nitrogen and oxygen atoms in total. The smallest absolute Gasteiger partial charge is 0.338 e. The SMILES string of the molecule is CCCCOc1ccc(C(=O)OCC(=O)N[C@](C)(C#N)C2CC2)cc1. The molecular weight excluding hydrogens is 320 g/mol. The average Bonchev–Trinajstić information content (AvgIpc) is 3.46. The zero-order valence-corrected chi connectivity index (χ0v) is 14.7. The Morgan fingerprint density at radius 2 is 2.00 bits per heavy atom. The summed E-state index contributed by atoms with van der Waals surface area (Å²) in [5, 5.41) is 11.9. The van der Waals surface area contributed by atoms with Crippen LogP contribution in [0.15, 0.2) is 24.3 Å². The highest BCUT2D eigenvalue weighted by atomic mass is 16.5. The van der Waals surface area contributed by atoms with Gasteiger partial charge in [-0.2, -0.15) is 5.26 Å². The van der Waals surface area contributed by atoms with Gasteiger partial charge in [0.2, 0.25) is 0 Å². The highest BCUT2D eigenvalue weighted by Crippen LogP contribution is 2.39. The van der Waals surface area contributed by atoms with Crippen molar-refractivity contribution in [2.24, 2.45) is 5.92 Å². The summed E-state index contributed by atoms with van der Waals surface area (Å²) >= 11 is 0. The first-order valence-electron chi connectivity index (χ1n) is 8.60. The van der Waals surface area contributed by atoms with Crippen LogP contribution < -0.4 is 10.1 Å². The van der Waals surface area contributed by atoms with Gasteiger partial charge in [-0.1, -0.05) is 13.3 Å². The van der Waals surface area contributed by atoms with Crippen molar-refractivity contribution in [1.82, 2.24) is 5.32 Å². The number of hydrogen-bond acceptors (Lipinski definition) is 5. The molecule has 1 aromatic carbocycles. The number of nitrogens with zero attached hydrogens (tertiary/aromatic N) is 1. The van der Waals surface area contributed by atoms with Gasteiger partial charge in [0.25, 0.3) is 5.91 Å². The van der Waals surface area contributed by atoms with Gasteiger partial charge in [0.15, 0.2) is 6.61 Å². The van der Waals surface area contributed by atoms with E-state index in [4.69, 9.17) is 9.47 Å². The van der Waals surface area contributed by atoms with E-state index in [1.165, 1.54) is 0 Å². The van der Waals surface area contributed by atoms with Crippen molar-refractivity contribution in [2.75, 3.05) is 13.2 Å². The molecule has 0 radical (unpaired) electrons. The van der Waals surface area contributed by atoms with Gasteiger partial charge < -0.3 is 14.8 Å². The molecular formula is C19H24N2O4. The molecule has 1 fully saturated rings. The summed E-state index contributed by atoms with van der Waals surface area (Å²) < 4.78 is 10.5. The third-order valence-corrected chi connectivity index (χ3v) is 4.22. The molecule has 0 bridgehead atoms. The van der Waals surface area contributed by atoms with Crippen LogP contribution in [0.1, 0.15) is 49.9 Å². The van der Waals surface area contributed by atoms with Gasteiger partial charge in [0.05, 0.1) is 18.2 Å². The standard InChI is InChI=1S/C19H24N2O4/c1-3-4-11-24-16-9-5-14(6-10-16)18(23)25-12-17(22)21-19(2,13-20)15-7-8-15/h5-6,9-10,15H,3-4,7-8,11-12H2,1-2H3,(H,21,22)/t19-/m1/s1. The zero-order valence-electron chi connectivity index (χ0n) is 14.7. The number of amides is 1. The fourth-order valence-corrected chi connectivity index (χ4v) is 2.44. The molecule has 2 rings (SSSR count). The lowest BCUT2D eigenvalue weighted by Crippen LogP contribution is -2.48. The normalized spacial score (nSPS) is 15.6. The number of benzene rings is 1. The molecule has 0 aliphatic heterocycles. The highest BCUT2D eigenvalue weighted by molar-refractivity contribution is 5.91. The average molecular weight is 344 g/mol. The predicted octanol–water partition coefficient (Wildman–Crippen LogP) is 2.83. The van der Waals surface area contributed by atoms with E-state index >= 15 is 0 Å². The van der Waals surface area contributed by atoms with Crippen LogP contribution in [0.5, 0.6) is 5.75 Å². The summed E-state index contributed by atoms with van der Waals surface area (Å²) in [6.45, 7) is 4.01. The number of hydrogen-bond donors (Lipinski definition) is 1. The Bertz CT molecular complexity index is 646. The number of nitrogens with one attached hydrogen (secondary N) is 1. The minimum Gasteiger partial charge on any atom is -0.494 e. The fourth-order valence-electron chi connectivity index (χ4n) is 2.44. The summed E-state index contributed by atoms with van der Waals surface area (Å²) in [5.41, 5.74) is -0.540. The second kappa shape index (κ2) is 8.52. The summed E-state index contributed by atoms with van der Waals surface area (Å²) in [6, 6.07) is 8.74. The Balaban J connectivity index is 1.79. The first kappa shape index (κ1) is 18.8. The lowest BCUT2D eigenvalue weighted by atomic mass is 9.98. The maximum absolute atomic E-state index is 12.0. The number of rotatable bonds is 9. The summed E-state index contributed by atoms with van der Waals surface area (Å²) in [5.74, 6) is -0.182. The van der Waals surface area contributed by atoms with E-state index in [9.17, 15) is 14.9 Å². The molecule has 1 N–H and O–H groups in total. The molecule has 1 aliphatic carbocycles. The van der Waals surface area contributed by atoms with Crippen LogP contribution in [0.3, 0.4) is 0 Å². The molecule has 1 aromatic rings. The Kier molecular flexibility index (Phi) is 6.40. The van der Waals surface area contributed by atoms with Gasteiger partial charge in [-0.15, -0.1) is 0 Å². The molecule has 0 unspecified atom stereocenters. The molecule has 6 heteroatoms. The summed E-state index contributed by atoms with van der Waals surface area (Å²) in [6.07, 6.45) is 3.88. The molecule has 1 atom stereocenters. The van der Waals surface area contributed by atoms with Gasteiger partial charge in [-0.05, 0) is 56.4 Å². The maximum Gasteiger partial charge on any atom is 0.338 e. The van der Waals surface area contributed by atoms with Crippen LogP contribution in [-0.2, 0) is 9.53 Å². The number of carbonyl (C=O) groups excluding carboxylic acids is 2. The van der Waals surface area contributed by atoms with E-state index < -0.39 is 24.0 Å². The van der Waals surface area contributed by atoms with Crippen LogP contribution in [0.4, 0.5) is 0 Å². The van der Waals surface area contributed by atoms with E-state index in [1.807, 2.05) is 0 Å². The molecule has 25 heavy (non-hydrogen) atoms. The second-order valence-electron chi connectivity index (χ2n) is 6.44. The van der Waals surface area contributed by atoms with Gasteiger partial charge >= 0.3 is 5.97 Å². The molecule has 134 valence electrons. The first-order chi connectivity index (χ1) is 12.0. The van der Waals surface area contributed by atoms with Crippen molar-refractivity contribution in [3.05, 3.63) is 29.8 Å². The summed E-state index contributed by atoms with van der Waals surface area (Å²) in [4.78, 5) is 23.9. The molecule has 0 aromatic heterocycles. The van der Waals surface area contributed by atoms with Gasteiger partial charge in [-0.3, -0.25) is 4.79 Å². The Morgan fingerprint density at radius 1 is 1.32 bits per heavy atom. The van der Waals surface area contributed by atoms with Crippen molar-refractivity contribution in [3.8, 4) is 11.8 Å². The van der Waals surface area contributed by atoms with Crippen LogP contribution in [-0.4, -0.2) is 30.6 Å². The highest BCUT2D eigenvalue weighted by Gasteiger charge is 2.43. The largest absolute Gasteiger partial charge is 0.494 e. The minimum absolute atomic E-state index is 0.178. The number of nitriles is 1. The quantitative estimate of drug-likeness (QED) is 0.550. The Hall–Kier alpha value is -2.55. The van der Waals surface area contributed by atoms with Crippen LogP contribution in [0.2, 0.25) is 0 Å². The van der Waals surface area contributed by atoms with Crippen molar-refractivity contribution < 1.29 is 19.1 Å². The number of carbonyl (C=O) groups is 2. The van der Waals surface area contributed by atoms with Gasteiger partial charge in [-0.25, -0.2) is 4.79 Å². The lowest BCUT2D eigenvalue weighted by molar-refractivity contribution is -0.125.